The Hall–Kier alpha value is -3.36. The second-order valence-electron chi connectivity index (χ2n) is 10.7. The molecule has 0 saturated heterocycles. The van der Waals surface area contributed by atoms with Gasteiger partial charge in [0.05, 0.1) is 6.42 Å². The molecule has 1 aromatic carbocycles. The molecule has 0 aliphatic heterocycles. The molecule has 0 fully saturated rings. The van der Waals surface area contributed by atoms with Crippen LogP contribution in [0.25, 0.3) is 0 Å². The number of nitrogens with two attached hydrogens (primary N) is 1. The highest BCUT2D eigenvalue weighted by molar-refractivity contribution is 5.95. The maximum atomic E-state index is 13.8. The van der Waals surface area contributed by atoms with Crippen LogP contribution in [0.15, 0.2) is 30.9 Å². The van der Waals surface area contributed by atoms with Crippen LogP contribution in [0.5, 0.6) is 0 Å². The van der Waals surface area contributed by atoms with Crippen molar-refractivity contribution in [3.05, 3.63) is 47.5 Å². The zero-order valence-electron chi connectivity index (χ0n) is 22.2. The highest BCUT2D eigenvalue weighted by Gasteiger charge is 2.38. The number of nitrogens with zero attached hydrogens (tertiary/aromatic N) is 1. The summed E-state index contributed by atoms with van der Waals surface area (Å²) >= 11 is 0. The molecule has 4 amide bonds. The van der Waals surface area contributed by atoms with E-state index < -0.39 is 53.5 Å². The van der Waals surface area contributed by atoms with Crippen LogP contribution in [0, 0.1) is 13.8 Å². The summed E-state index contributed by atoms with van der Waals surface area (Å²) in [7, 11) is 0. The molecule has 0 aromatic heterocycles. The van der Waals surface area contributed by atoms with E-state index in [2.05, 4.69) is 17.2 Å². The minimum Gasteiger partial charge on any atom is -0.444 e. The number of aryl methyl sites for hydroxylation is 2. The summed E-state index contributed by atoms with van der Waals surface area (Å²) < 4.78 is 5.26. The number of rotatable bonds is 9. The number of hydrogen-bond donors (Lipinski definition) is 3. The Labute approximate surface area is 208 Å². The van der Waals surface area contributed by atoms with Crippen molar-refractivity contribution in [3.63, 3.8) is 0 Å². The van der Waals surface area contributed by atoms with Crippen LogP contribution in [-0.4, -0.2) is 52.4 Å². The number of nitrogens with one attached hydrogen (secondary N) is 2. The van der Waals surface area contributed by atoms with E-state index in [1.54, 1.807) is 20.8 Å². The molecule has 0 aliphatic carbocycles. The fourth-order valence-corrected chi connectivity index (χ4v) is 3.46. The molecule has 194 valence electrons. The Morgan fingerprint density at radius 2 is 1.71 bits per heavy atom. The Morgan fingerprint density at radius 3 is 2.20 bits per heavy atom. The lowest BCUT2D eigenvalue weighted by atomic mass is 9.95. The second-order valence-corrected chi connectivity index (χ2v) is 10.7. The molecular weight excluding hydrogens is 448 g/mol. The molecule has 0 saturated carbocycles. The largest absolute Gasteiger partial charge is 0.444 e. The van der Waals surface area contributed by atoms with Gasteiger partial charge in [-0.2, -0.15) is 0 Å². The smallest absolute Gasteiger partial charge is 0.408 e. The van der Waals surface area contributed by atoms with Crippen LogP contribution in [0.1, 0.15) is 70.7 Å². The van der Waals surface area contributed by atoms with Crippen LogP contribution in [0.2, 0.25) is 0 Å². The molecule has 0 heterocycles. The summed E-state index contributed by atoms with van der Waals surface area (Å²) in [5.74, 6) is -1.86. The topological polar surface area (TPSA) is 131 Å². The number of hydrogen-bond acceptors (Lipinski definition) is 5. The zero-order chi connectivity index (χ0) is 27.1. The number of primary amides is 1. The standard InChI is InChI=1S/C26H40N4O5/c1-10-13-30(23(33)19(15-20(27)31)28-24(34)35-26(7,8)9)21(22(32)29-25(4,5)6)18-14-16(2)11-12-17(18)3/h10-12,14,19,21H,1,13,15H2,2-9H3,(H2,27,31)(H,28,34)(H,29,32). The highest BCUT2D eigenvalue weighted by Crippen LogP contribution is 2.27. The number of carbonyl (C=O) groups is 4. The molecule has 0 bridgehead atoms. The van der Waals surface area contributed by atoms with Crippen molar-refractivity contribution >= 4 is 23.8 Å². The lowest BCUT2D eigenvalue weighted by Gasteiger charge is -2.36. The van der Waals surface area contributed by atoms with E-state index >= 15 is 0 Å². The molecule has 0 spiro atoms. The van der Waals surface area contributed by atoms with Crippen molar-refractivity contribution in [2.75, 3.05) is 6.54 Å². The quantitative estimate of drug-likeness (QED) is 0.460. The van der Waals surface area contributed by atoms with E-state index in [1.165, 1.54) is 11.0 Å². The van der Waals surface area contributed by atoms with Gasteiger partial charge in [0, 0.05) is 12.1 Å². The summed E-state index contributed by atoms with van der Waals surface area (Å²) in [6.07, 6.45) is 0.138. The first kappa shape index (κ1) is 29.7. The average molecular weight is 489 g/mol. The predicted molar refractivity (Wildman–Crippen MR) is 135 cm³/mol. The van der Waals surface area contributed by atoms with Gasteiger partial charge in [-0.15, -0.1) is 6.58 Å². The SMILES string of the molecule is C=CCN(C(=O)C(CC(N)=O)NC(=O)OC(C)(C)C)C(C(=O)NC(C)(C)C)c1cc(C)ccc1C. The first-order valence-electron chi connectivity index (χ1n) is 11.5. The number of alkyl carbamates (subject to hydrolysis) is 1. The Kier molecular flexibility index (Phi) is 10.1. The van der Waals surface area contributed by atoms with Gasteiger partial charge in [0.2, 0.25) is 17.7 Å². The van der Waals surface area contributed by atoms with Gasteiger partial charge in [-0.25, -0.2) is 4.79 Å². The molecule has 9 nitrogen and oxygen atoms in total. The normalized spacial score (nSPS) is 13.3. The van der Waals surface area contributed by atoms with Crippen LogP contribution in [0.4, 0.5) is 4.79 Å². The van der Waals surface area contributed by atoms with Gasteiger partial charge in [0.1, 0.15) is 17.7 Å². The average Bonchev–Trinajstić information content (AvgIpc) is 2.66. The predicted octanol–water partition coefficient (Wildman–Crippen LogP) is 3.04. The molecular formula is C26H40N4O5. The third-order valence-electron chi connectivity index (χ3n) is 4.79. The van der Waals surface area contributed by atoms with Crippen molar-refractivity contribution < 1.29 is 23.9 Å². The maximum Gasteiger partial charge on any atom is 0.408 e. The minimum absolute atomic E-state index is 0.0142. The number of ether oxygens (including phenoxy) is 1. The third-order valence-corrected chi connectivity index (χ3v) is 4.79. The van der Waals surface area contributed by atoms with Gasteiger partial charge in [0.15, 0.2) is 0 Å². The molecule has 1 aromatic rings. The lowest BCUT2D eigenvalue weighted by Crippen LogP contribution is -2.55. The van der Waals surface area contributed by atoms with Crippen molar-refractivity contribution in [3.8, 4) is 0 Å². The number of benzene rings is 1. The van der Waals surface area contributed by atoms with E-state index in [0.29, 0.717) is 5.56 Å². The molecule has 1 rings (SSSR count). The fraction of sp³-hybridized carbons (Fsp3) is 0.538. The summed E-state index contributed by atoms with van der Waals surface area (Å²) in [6, 6.07) is 3.25. The fourth-order valence-electron chi connectivity index (χ4n) is 3.46. The van der Waals surface area contributed by atoms with Crippen LogP contribution in [0.3, 0.4) is 0 Å². The second kappa shape index (κ2) is 11.9. The minimum atomic E-state index is -1.34. The van der Waals surface area contributed by atoms with E-state index in [9.17, 15) is 19.2 Å². The van der Waals surface area contributed by atoms with Gasteiger partial charge in [-0.3, -0.25) is 14.4 Å². The third kappa shape index (κ3) is 9.80. The van der Waals surface area contributed by atoms with E-state index in [0.717, 1.165) is 11.1 Å². The molecule has 0 aliphatic rings. The summed E-state index contributed by atoms with van der Waals surface area (Å²) in [6.45, 7) is 18.0. The number of amides is 4. The Morgan fingerprint density at radius 1 is 1.11 bits per heavy atom. The summed E-state index contributed by atoms with van der Waals surface area (Å²) in [5.41, 5.74) is 6.32. The van der Waals surface area contributed by atoms with Crippen LogP contribution in [-0.2, 0) is 19.1 Å². The lowest BCUT2D eigenvalue weighted by molar-refractivity contribution is -0.143. The van der Waals surface area contributed by atoms with Crippen molar-refractivity contribution in [1.29, 1.82) is 0 Å². The van der Waals surface area contributed by atoms with Crippen LogP contribution < -0.4 is 16.4 Å². The van der Waals surface area contributed by atoms with E-state index in [1.807, 2.05) is 52.8 Å². The Bertz CT molecular complexity index is 959. The van der Waals surface area contributed by atoms with Crippen LogP contribution >= 0.6 is 0 Å². The molecule has 9 heteroatoms. The maximum absolute atomic E-state index is 13.8. The first-order chi connectivity index (χ1) is 15.9. The van der Waals surface area contributed by atoms with Crippen molar-refractivity contribution in [2.45, 2.75) is 85.0 Å². The highest BCUT2D eigenvalue weighted by atomic mass is 16.6. The first-order valence-corrected chi connectivity index (χ1v) is 11.5. The molecule has 2 atom stereocenters. The monoisotopic (exact) mass is 488 g/mol. The van der Waals surface area contributed by atoms with Gasteiger partial charge in [0.25, 0.3) is 0 Å². The van der Waals surface area contributed by atoms with Gasteiger partial charge in [-0.05, 0) is 66.5 Å². The summed E-state index contributed by atoms with van der Waals surface area (Å²) in [5, 5.41) is 5.38. The number of carbonyl (C=O) groups excluding carboxylic acids is 4. The molecule has 35 heavy (non-hydrogen) atoms. The van der Waals surface area contributed by atoms with E-state index in [4.69, 9.17) is 10.5 Å². The van der Waals surface area contributed by atoms with Gasteiger partial charge >= 0.3 is 6.09 Å². The molecule has 0 radical (unpaired) electrons. The molecule has 2 unspecified atom stereocenters. The van der Waals surface area contributed by atoms with Crippen molar-refractivity contribution in [2.24, 2.45) is 5.73 Å². The van der Waals surface area contributed by atoms with Gasteiger partial charge < -0.3 is 26.0 Å². The Balaban J connectivity index is 3.57. The van der Waals surface area contributed by atoms with E-state index in [-0.39, 0.29) is 6.54 Å². The van der Waals surface area contributed by atoms with Gasteiger partial charge in [-0.1, -0.05) is 29.8 Å². The van der Waals surface area contributed by atoms with Crippen molar-refractivity contribution in [1.82, 2.24) is 15.5 Å². The molecule has 4 N–H and O–H groups in total. The summed E-state index contributed by atoms with van der Waals surface area (Å²) in [4.78, 5) is 52.8. The zero-order valence-corrected chi connectivity index (χ0v) is 22.2.